The second-order valence-electron chi connectivity index (χ2n) is 8.48. The van der Waals surface area contributed by atoms with Crippen LogP contribution in [0.15, 0.2) is 30.3 Å². The maximum absolute atomic E-state index is 13.0. The molecule has 1 saturated carbocycles. The highest BCUT2D eigenvalue weighted by atomic mass is 16.2. The molecule has 2 aliphatic rings. The number of nitrogens with zero attached hydrogens (tertiary/aromatic N) is 3. The summed E-state index contributed by atoms with van der Waals surface area (Å²) >= 11 is 0. The second-order valence-corrected chi connectivity index (χ2v) is 8.48. The minimum atomic E-state index is -0.157. The van der Waals surface area contributed by atoms with Crippen molar-refractivity contribution in [2.45, 2.75) is 50.1 Å². The predicted molar refractivity (Wildman–Crippen MR) is 111 cm³/mol. The van der Waals surface area contributed by atoms with Gasteiger partial charge < -0.3 is 15.1 Å². The Morgan fingerprint density at radius 2 is 1.79 bits per heavy atom. The molecule has 1 spiro atoms. The van der Waals surface area contributed by atoms with Gasteiger partial charge in [0.05, 0.1) is 5.54 Å². The number of urea groups is 1. The number of hydrogen-bond acceptors (Lipinski definition) is 3. The van der Waals surface area contributed by atoms with Crippen molar-refractivity contribution in [3.63, 3.8) is 0 Å². The first kappa shape index (κ1) is 20.6. The first-order chi connectivity index (χ1) is 13.4. The van der Waals surface area contributed by atoms with Crippen molar-refractivity contribution in [2.75, 3.05) is 40.8 Å². The second kappa shape index (κ2) is 8.11. The normalized spacial score (nSPS) is 27.7. The molecular weight excluding hydrogens is 352 g/mol. The average Bonchev–Trinajstić information content (AvgIpc) is 2.95. The molecule has 1 aliphatic carbocycles. The highest BCUT2D eigenvalue weighted by Gasteiger charge is 2.54. The highest BCUT2D eigenvalue weighted by Crippen LogP contribution is 2.48. The topological polar surface area (TPSA) is 55.9 Å². The van der Waals surface area contributed by atoms with E-state index in [1.54, 1.807) is 11.9 Å². The van der Waals surface area contributed by atoms with Crippen LogP contribution in [0.2, 0.25) is 0 Å². The van der Waals surface area contributed by atoms with E-state index in [1.807, 2.05) is 0 Å². The highest BCUT2D eigenvalue weighted by molar-refractivity contribution is 5.85. The summed E-state index contributed by atoms with van der Waals surface area (Å²) in [5.74, 6) is -0.107. The lowest BCUT2D eigenvalue weighted by atomic mass is 9.68. The number of hydrogen-bond donors (Lipinski definition) is 1. The number of amides is 3. The van der Waals surface area contributed by atoms with Gasteiger partial charge in [-0.15, -0.1) is 0 Å². The van der Waals surface area contributed by atoms with Gasteiger partial charge in [-0.25, -0.2) is 4.79 Å². The van der Waals surface area contributed by atoms with E-state index in [9.17, 15) is 9.59 Å². The van der Waals surface area contributed by atoms with Gasteiger partial charge in [-0.05, 0) is 51.8 Å². The summed E-state index contributed by atoms with van der Waals surface area (Å²) in [7, 11) is 5.94. The predicted octanol–water partition coefficient (Wildman–Crippen LogP) is 2.65. The smallest absolute Gasteiger partial charge is 0.321 e. The van der Waals surface area contributed by atoms with Gasteiger partial charge in [-0.2, -0.15) is 0 Å². The van der Waals surface area contributed by atoms with E-state index in [2.05, 4.69) is 66.5 Å². The molecule has 1 aromatic rings. The zero-order chi connectivity index (χ0) is 20.4. The lowest BCUT2D eigenvalue weighted by molar-refractivity contribution is -0.121. The van der Waals surface area contributed by atoms with Gasteiger partial charge in [0.1, 0.15) is 6.54 Å². The SMILES string of the molecule is CCCN1C(=O)N(CC(=O)NC)CC12CCC(c1ccccc1)(N(C)C)CC2. The van der Waals surface area contributed by atoms with E-state index >= 15 is 0 Å². The Kier molecular flexibility index (Phi) is 5.98. The molecule has 1 aliphatic heterocycles. The minimum absolute atomic E-state index is 0.00164. The molecule has 0 bridgehead atoms. The van der Waals surface area contributed by atoms with Gasteiger partial charge >= 0.3 is 6.03 Å². The Hall–Kier alpha value is -2.08. The van der Waals surface area contributed by atoms with Crippen molar-refractivity contribution in [3.8, 4) is 0 Å². The Morgan fingerprint density at radius 3 is 2.32 bits per heavy atom. The summed E-state index contributed by atoms with van der Waals surface area (Å²) in [6, 6.07) is 10.7. The van der Waals surface area contributed by atoms with Gasteiger partial charge in [0.2, 0.25) is 5.91 Å². The van der Waals surface area contributed by atoms with Crippen molar-refractivity contribution < 1.29 is 9.59 Å². The molecule has 3 amide bonds. The van der Waals surface area contributed by atoms with E-state index in [0.29, 0.717) is 6.54 Å². The molecule has 6 heteroatoms. The molecule has 1 aromatic carbocycles. The first-order valence-electron chi connectivity index (χ1n) is 10.4. The molecule has 0 aromatic heterocycles. The number of nitrogens with one attached hydrogen (secondary N) is 1. The molecule has 154 valence electrons. The summed E-state index contributed by atoms with van der Waals surface area (Å²) in [6.45, 7) is 3.66. The first-order valence-corrected chi connectivity index (χ1v) is 10.4. The molecule has 1 N–H and O–H groups in total. The third kappa shape index (κ3) is 3.50. The van der Waals surface area contributed by atoms with Gasteiger partial charge in [-0.1, -0.05) is 37.3 Å². The Labute approximate surface area is 168 Å². The lowest BCUT2D eigenvalue weighted by Gasteiger charge is -2.51. The van der Waals surface area contributed by atoms with Crippen molar-refractivity contribution in [1.29, 1.82) is 0 Å². The quantitative estimate of drug-likeness (QED) is 0.818. The van der Waals surface area contributed by atoms with Crippen LogP contribution in [0.5, 0.6) is 0 Å². The third-order valence-corrected chi connectivity index (χ3v) is 6.79. The van der Waals surface area contributed by atoms with Crippen molar-refractivity contribution >= 4 is 11.9 Å². The number of likely N-dealkylation sites (N-methyl/N-ethyl adjacent to an activating group) is 1. The molecule has 0 atom stereocenters. The fourth-order valence-corrected chi connectivity index (χ4v) is 5.11. The number of carbonyl (C=O) groups excluding carboxylic acids is 2. The standard InChI is InChI=1S/C22H34N4O2/c1-5-15-26-20(28)25(16-19(27)23-2)17-21(26)11-13-22(14-12-21,24(3)4)18-9-7-6-8-10-18/h6-10H,5,11-17H2,1-4H3,(H,23,27). The van der Waals surface area contributed by atoms with Crippen LogP contribution in [0.25, 0.3) is 0 Å². The summed E-state index contributed by atoms with van der Waals surface area (Å²) in [5, 5.41) is 2.64. The van der Waals surface area contributed by atoms with Crippen LogP contribution in [0.1, 0.15) is 44.6 Å². The fourth-order valence-electron chi connectivity index (χ4n) is 5.11. The van der Waals surface area contributed by atoms with E-state index in [1.165, 1.54) is 5.56 Å². The minimum Gasteiger partial charge on any atom is -0.358 e. The maximum Gasteiger partial charge on any atom is 0.321 e. The summed E-state index contributed by atoms with van der Waals surface area (Å²) in [5.41, 5.74) is 1.19. The maximum atomic E-state index is 13.0. The summed E-state index contributed by atoms with van der Waals surface area (Å²) in [4.78, 5) is 31.1. The van der Waals surface area contributed by atoms with E-state index in [-0.39, 0.29) is 29.6 Å². The van der Waals surface area contributed by atoms with Crippen LogP contribution in [0.4, 0.5) is 4.79 Å². The molecule has 2 fully saturated rings. The summed E-state index contributed by atoms with van der Waals surface area (Å²) < 4.78 is 0. The van der Waals surface area contributed by atoms with Gasteiger partial charge in [0.15, 0.2) is 0 Å². The van der Waals surface area contributed by atoms with Crippen LogP contribution in [0.3, 0.4) is 0 Å². The number of rotatable bonds is 6. The third-order valence-electron chi connectivity index (χ3n) is 6.79. The largest absolute Gasteiger partial charge is 0.358 e. The Bertz CT molecular complexity index is 696. The Morgan fingerprint density at radius 1 is 1.14 bits per heavy atom. The molecule has 0 radical (unpaired) electrons. The molecule has 0 unspecified atom stereocenters. The molecule has 1 heterocycles. The molecule has 6 nitrogen and oxygen atoms in total. The van der Waals surface area contributed by atoms with Gasteiger partial charge in [0, 0.05) is 25.7 Å². The number of benzene rings is 1. The fraction of sp³-hybridized carbons (Fsp3) is 0.636. The number of carbonyl (C=O) groups is 2. The molecular formula is C22H34N4O2. The zero-order valence-corrected chi connectivity index (χ0v) is 17.7. The van der Waals surface area contributed by atoms with E-state index < -0.39 is 0 Å². The van der Waals surface area contributed by atoms with E-state index in [0.717, 1.165) is 38.6 Å². The average molecular weight is 387 g/mol. The van der Waals surface area contributed by atoms with Crippen LogP contribution in [-0.2, 0) is 10.3 Å². The van der Waals surface area contributed by atoms with Crippen molar-refractivity contribution in [3.05, 3.63) is 35.9 Å². The van der Waals surface area contributed by atoms with Crippen LogP contribution in [-0.4, -0.2) is 73.0 Å². The zero-order valence-electron chi connectivity index (χ0n) is 17.7. The van der Waals surface area contributed by atoms with Gasteiger partial charge in [-0.3, -0.25) is 9.69 Å². The molecule has 28 heavy (non-hydrogen) atoms. The molecule has 1 saturated heterocycles. The lowest BCUT2D eigenvalue weighted by Crippen LogP contribution is -2.55. The van der Waals surface area contributed by atoms with Crippen LogP contribution in [0, 0.1) is 0 Å². The Balaban J connectivity index is 1.85. The van der Waals surface area contributed by atoms with E-state index in [4.69, 9.17) is 0 Å². The molecule has 3 rings (SSSR count). The van der Waals surface area contributed by atoms with Gasteiger partial charge in [0.25, 0.3) is 0 Å². The van der Waals surface area contributed by atoms with Crippen LogP contribution < -0.4 is 5.32 Å². The monoisotopic (exact) mass is 386 g/mol. The van der Waals surface area contributed by atoms with Crippen molar-refractivity contribution in [2.24, 2.45) is 0 Å². The van der Waals surface area contributed by atoms with Crippen molar-refractivity contribution in [1.82, 2.24) is 20.0 Å². The summed E-state index contributed by atoms with van der Waals surface area (Å²) in [6.07, 6.45) is 4.85. The van der Waals surface area contributed by atoms with Crippen LogP contribution >= 0.6 is 0 Å².